The van der Waals surface area contributed by atoms with Crippen molar-refractivity contribution in [2.24, 2.45) is 0 Å². The molecule has 0 radical (unpaired) electrons. The Bertz CT molecular complexity index is 904. The number of fused-ring (bicyclic) bond motifs is 1. The highest BCUT2D eigenvalue weighted by molar-refractivity contribution is 6.35. The van der Waals surface area contributed by atoms with Crippen molar-refractivity contribution in [1.82, 2.24) is 10.2 Å². The quantitative estimate of drug-likeness (QED) is 0.532. The van der Waals surface area contributed by atoms with Gasteiger partial charge in [0, 0.05) is 48.0 Å². The van der Waals surface area contributed by atoms with Gasteiger partial charge in [0.15, 0.2) is 6.29 Å². The van der Waals surface area contributed by atoms with Crippen molar-refractivity contribution in [3.63, 3.8) is 0 Å². The minimum atomic E-state index is -0.473. The molecule has 168 valence electrons. The number of nitrogens with one attached hydrogen (secondary N) is 2. The number of hydrogen-bond acceptors (Lipinski definition) is 4. The molecule has 3 rings (SSSR count). The van der Waals surface area contributed by atoms with Crippen molar-refractivity contribution in [2.75, 3.05) is 38.7 Å². The lowest BCUT2D eigenvalue weighted by Gasteiger charge is -2.34. The van der Waals surface area contributed by atoms with Gasteiger partial charge in [0.1, 0.15) is 0 Å². The molecule has 8 heteroatoms. The minimum Gasteiger partial charge on any atom is -0.351 e. The van der Waals surface area contributed by atoms with Crippen LogP contribution >= 0.6 is 23.2 Å². The van der Waals surface area contributed by atoms with Gasteiger partial charge < -0.3 is 25.0 Å². The lowest BCUT2D eigenvalue weighted by Crippen LogP contribution is -2.38. The summed E-state index contributed by atoms with van der Waals surface area (Å²) in [5.74, 6) is 0.0287. The summed E-state index contributed by atoms with van der Waals surface area (Å²) in [7, 11) is 2.06. The SMILES string of the molecule is CCOC(CNC(=O)Nc1ccccc1[C@@H]1CN(C)Cc2c(Cl)cc(Cl)cc21)OCC. The van der Waals surface area contributed by atoms with Gasteiger partial charge in [-0.25, -0.2) is 4.79 Å². The Labute approximate surface area is 193 Å². The van der Waals surface area contributed by atoms with Crippen molar-refractivity contribution in [1.29, 1.82) is 0 Å². The van der Waals surface area contributed by atoms with Gasteiger partial charge in [0.25, 0.3) is 0 Å². The number of urea groups is 1. The first kappa shape index (κ1) is 23.8. The lowest BCUT2D eigenvalue weighted by molar-refractivity contribution is -0.131. The molecular weight excluding hydrogens is 437 g/mol. The van der Waals surface area contributed by atoms with Crippen molar-refractivity contribution in [2.45, 2.75) is 32.6 Å². The molecular formula is C23H29Cl2N3O3. The van der Waals surface area contributed by atoms with Gasteiger partial charge >= 0.3 is 6.03 Å². The maximum atomic E-state index is 12.6. The third-order valence-corrected chi connectivity index (χ3v) is 5.77. The van der Waals surface area contributed by atoms with E-state index in [1.54, 1.807) is 6.07 Å². The lowest BCUT2D eigenvalue weighted by atomic mass is 9.84. The van der Waals surface area contributed by atoms with Crippen LogP contribution in [0.25, 0.3) is 0 Å². The predicted octanol–water partition coefficient (Wildman–Crippen LogP) is 5.09. The molecule has 2 aromatic carbocycles. The molecule has 0 aliphatic carbocycles. The summed E-state index contributed by atoms with van der Waals surface area (Å²) in [6.45, 7) is 6.61. The maximum absolute atomic E-state index is 12.6. The van der Waals surface area contributed by atoms with Crippen LogP contribution in [0.15, 0.2) is 36.4 Å². The van der Waals surface area contributed by atoms with Crippen LogP contribution in [0.1, 0.15) is 36.5 Å². The van der Waals surface area contributed by atoms with E-state index in [0.29, 0.717) is 23.3 Å². The number of hydrogen-bond donors (Lipinski definition) is 2. The van der Waals surface area contributed by atoms with Gasteiger partial charge in [-0.05, 0) is 55.8 Å². The Hall–Kier alpha value is -1.83. The molecule has 0 saturated heterocycles. The molecule has 0 fully saturated rings. The largest absolute Gasteiger partial charge is 0.351 e. The van der Waals surface area contributed by atoms with Gasteiger partial charge in [-0.15, -0.1) is 0 Å². The van der Waals surface area contributed by atoms with E-state index in [2.05, 4.69) is 22.6 Å². The molecule has 1 aliphatic rings. The van der Waals surface area contributed by atoms with Crippen LogP contribution in [-0.2, 0) is 16.0 Å². The minimum absolute atomic E-state index is 0.0287. The Morgan fingerprint density at radius 2 is 1.87 bits per heavy atom. The number of amides is 2. The average Bonchev–Trinajstić information content (AvgIpc) is 2.73. The molecule has 2 N–H and O–H groups in total. The monoisotopic (exact) mass is 465 g/mol. The van der Waals surface area contributed by atoms with Crippen molar-refractivity contribution in [3.05, 3.63) is 63.1 Å². The van der Waals surface area contributed by atoms with Gasteiger partial charge in [-0.1, -0.05) is 41.4 Å². The maximum Gasteiger partial charge on any atom is 0.319 e. The fourth-order valence-electron chi connectivity index (χ4n) is 3.91. The molecule has 1 atom stereocenters. The van der Waals surface area contributed by atoms with E-state index in [4.69, 9.17) is 32.7 Å². The van der Waals surface area contributed by atoms with E-state index >= 15 is 0 Å². The Morgan fingerprint density at radius 1 is 1.16 bits per heavy atom. The number of carbonyl (C=O) groups excluding carboxylic acids is 1. The number of halogens is 2. The highest BCUT2D eigenvalue weighted by Gasteiger charge is 2.28. The second-order valence-corrected chi connectivity index (χ2v) is 8.31. The number of nitrogens with zero attached hydrogens (tertiary/aromatic N) is 1. The second-order valence-electron chi connectivity index (χ2n) is 7.47. The molecule has 0 unspecified atom stereocenters. The van der Waals surface area contributed by atoms with Crippen molar-refractivity contribution in [3.8, 4) is 0 Å². The number of likely N-dealkylation sites (N-methyl/N-ethyl adjacent to an activating group) is 1. The van der Waals surface area contributed by atoms with Gasteiger partial charge in [0.05, 0.1) is 6.54 Å². The third-order valence-electron chi connectivity index (χ3n) is 5.21. The van der Waals surface area contributed by atoms with Gasteiger partial charge in [-0.3, -0.25) is 0 Å². The summed E-state index contributed by atoms with van der Waals surface area (Å²) in [5.41, 5.74) is 3.92. The van der Waals surface area contributed by atoms with E-state index < -0.39 is 6.29 Å². The van der Waals surface area contributed by atoms with Crippen molar-refractivity contribution >= 4 is 34.9 Å². The number of rotatable bonds is 8. The van der Waals surface area contributed by atoms with E-state index in [-0.39, 0.29) is 18.5 Å². The van der Waals surface area contributed by atoms with E-state index in [1.165, 1.54) is 0 Å². The molecule has 31 heavy (non-hydrogen) atoms. The van der Waals surface area contributed by atoms with Crippen LogP contribution in [0.4, 0.5) is 10.5 Å². The fraction of sp³-hybridized carbons (Fsp3) is 0.435. The van der Waals surface area contributed by atoms with E-state index in [1.807, 2.05) is 44.2 Å². The topological polar surface area (TPSA) is 62.8 Å². The standard InChI is InChI=1S/C23H29Cl2N3O3/c1-4-30-22(31-5-2)12-26-23(29)27-21-9-7-6-8-16(21)18-13-28(3)14-19-17(18)10-15(24)11-20(19)25/h6-11,18,22H,4-5,12-14H2,1-3H3,(H2,26,27,29)/t18-/m0/s1. The smallest absolute Gasteiger partial charge is 0.319 e. The summed E-state index contributed by atoms with van der Waals surface area (Å²) < 4.78 is 11.0. The zero-order valence-corrected chi connectivity index (χ0v) is 19.6. The molecule has 0 aromatic heterocycles. The first-order valence-corrected chi connectivity index (χ1v) is 11.2. The molecule has 1 heterocycles. The summed E-state index contributed by atoms with van der Waals surface area (Å²) in [6, 6.07) is 11.2. The Balaban J connectivity index is 1.81. The molecule has 2 amide bonds. The highest BCUT2D eigenvalue weighted by Crippen LogP contribution is 2.40. The number of carbonyl (C=O) groups is 1. The van der Waals surface area contributed by atoms with E-state index in [9.17, 15) is 4.79 Å². The fourth-order valence-corrected chi connectivity index (χ4v) is 4.48. The molecule has 0 saturated carbocycles. The average molecular weight is 466 g/mol. The summed E-state index contributed by atoms with van der Waals surface area (Å²) in [6.07, 6.45) is -0.473. The molecule has 2 aromatic rings. The normalized spacial score (nSPS) is 16.3. The molecule has 0 bridgehead atoms. The van der Waals surface area contributed by atoms with E-state index in [0.717, 1.165) is 35.5 Å². The predicted molar refractivity (Wildman–Crippen MR) is 125 cm³/mol. The summed E-state index contributed by atoms with van der Waals surface area (Å²) in [4.78, 5) is 14.8. The first-order valence-electron chi connectivity index (χ1n) is 10.5. The van der Waals surface area contributed by atoms with Gasteiger partial charge in [0.2, 0.25) is 0 Å². The van der Waals surface area contributed by atoms with Crippen LogP contribution in [-0.4, -0.2) is 50.6 Å². The van der Waals surface area contributed by atoms with Crippen LogP contribution in [0.3, 0.4) is 0 Å². The molecule has 6 nitrogen and oxygen atoms in total. The second kappa shape index (κ2) is 11.2. The van der Waals surface area contributed by atoms with Crippen LogP contribution in [0.5, 0.6) is 0 Å². The number of ether oxygens (including phenoxy) is 2. The number of para-hydroxylation sites is 1. The van der Waals surface area contributed by atoms with Crippen LogP contribution in [0.2, 0.25) is 10.0 Å². The zero-order chi connectivity index (χ0) is 22.4. The third kappa shape index (κ3) is 6.11. The summed E-state index contributed by atoms with van der Waals surface area (Å²) in [5, 5.41) is 7.08. The Kier molecular flexibility index (Phi) is 8.58. The highest BCUT2D eigenvalue weighted by atomic mass is 35.5. The zero-order valence-electron chi connectivity index (χ0n) is 18.1. The van der Waals surface area contributed by atoms with Crippen LogP contribution < -0.4 is 10.6 Å². The molecule has 0 spiro atoms. The number of anilines is 1. The van der Waals surface area contributed by atoms with Crippen LogP contribution in [0, 0.1) is 0 Å². The Morgan fingerprint density at radius 3 is 2.58 bits per heavy atom. The van der Waals surface area contributed by atoms with Crippen molar-refractivity contribution < 1.29 is 14.3 Å². The first-order chi connectivity index (χ1) is 14.9. The molecule has 1 aliphatic heterocycles. The van der Waals surface area contributed by atoms with Gasteiger partial charge in [-0.2, -0.15) is 0 Å². The summed E-state index contributed by atoms with van der Waals surface area (Å²) >= 11 is 12.8. The number of benzene rings is 2.